The van der Waals surface area contributed by atoms with Crippen LogP contribution < -0.4 is 16.4 Å². The fourth-order valence-corrected chi connectivity index (χ4v) is 3.12. The minimum atomic E-state index is -4.52. The van der Waals surface area contributed by atoms with Crippen LogP contribution in [0.5, 0.6) is 0 Å². The number of nitrogens with zero attached hydrogens (tertiary/aromatic N) is 4. The molecule has 1 aromatic carbocycles. The second-order valence-electron chi connectivity index (χ2n) is 6.55. The highest BCUT2D eigenvalue weighted by atomic mass is 19.4. The topological polar surface area (TPSA) is 93.2 Å². The lowest BCUT2D eigenvalue weighted by Crippen LogP contribution is -2.39. The Hall–Kier alpha value is -3.47. The molecule has 1 unspecified atom stereocenters. The molecule has 4 N–H and O–H groups in total. The Kier molecular flexibility index (Phi) is 4.90. The zero-order valence-electron chi connectivity index (χ0n) is 15.7. The average Bonchev–Trinajstić information content (AvgIpc) is 3.05. The van der Waals surface area contributed by atoms with Crippen LogP contribution in [0, 0.1) is 5.82 Å². The molecule has 0 saturated heterocycles. The van der Waals surface area contributed by atoms with Gasteiger partial charge < -0.3 is 16.4 Å². The first-order valence-electron chi connectivity index (χ1n) is 9.04. The number of hydrogen-bond donors (Lipinski definition) is 3. The van der Waals surface area contributed by atoms with Crippen molar-refractivity contribution in [2.75, 3.05) is 5.32 Å². The van der Waals surface area contributed by atoms with E-state index in [1.807, 2.05) is 6.92 Å². The second-order valence-corrected chi connectivity index (χ2v) is 6.55. The van der Waals surface area contributed by atoms with Crippen molar-refractivity contribution in [3.8, 4) is 0 Å². The summed E-state index contributed by atoms with van der Waals surface area (Å²) in [5.74, 6) is 1.06. The lowest BCUT2D eigenvalue weighted by atomic mass is 10.3. The number of benzene rings is 1. The number of imidazole rings is 1. The van der Waals surface area contributed by atoms with E-state index in [-0.39, 0.29) is 5.96 Å². The zero-order chi connectivity index (χ0) is 21.5. The normalized spacial score (nSPS) is 16.8. The van der Waals surface area contributed by atoms with E-state index in [0.717, 1.165) is 12.3 Å². The van der Waals surface area contributed by atoms with Crippen LogP contribution in [0.2, 0.25) is 0 Å². The number of fused-ring (bicyclic) bond motifs is 1. The number of pyridine rings is 1. The van der Waals surface area contributed by atoms with E-state index in [1.165, 1.54) is 18.2 Å². The van der Waals surface area contributed by atoms with Crippen LogP contribution in [0.4, 0.5) is 23.2 Å². The van der Waals surface area contributed by atoms with Gasteiger partial charge in [-0.05, 0) is 30.3 Å². The fraction of sp³-hybridized carbons (Fsp3) is 0.211. The van der Waals surface area contributed by atoms with Crippen LogP contribution in [-0.4, -0.2) is 26.7 Å². The highest BCUT2D eigenvalue weighted by Crippen LogP contribution is 2.28. The van der Waals surface area contributed by atoms with Crippen molar-refractivity contribution >= 4 is 28.5 Å². The third-order valence-corrected chi connectivity index (χ3v) is 4.41. The van der Waals surface area contributed by atoms with E-state index in [1.54, 1.807) is 16.7 Å². The van der Waals surface area contributed by atoms with Crippen molar-refractivity contribution in [2.24, 2.45) is 10.7 Å². The third kappa shape index (κ3) is 3.83. The summed E-state index contributed by atoms with van der Waals surface area (Å²) >= 11 is 0. The molecule has 0 aliphatic carbocycles. The SMILES string of the molecule is CCc1nc2cc(F)ccc2n1C1=CC(N)N=C(Nc2ccc(C(F)(F)F)nc2)N1. The summed E-state index contributed by atoms with van der Waals surface area (Å²) in [6.45, 7) is 1.92. The molecule has 4 rings (SSSR count). The van der Waals surface area contributed by atoms with E-state index >= 15 is 0 Å². The van der Waals surface area contributed by atoms with Crippen LogP contribution in [0.15, 0.2) is 47.6 Å². The number of aryl methyl sites for hydroxylation is 1. The molecule has 0 amide bonds. The number of nitrogens with one attached hydrogen (secondary N) is 2. The summed E-state index contributed by atoms with van der Waals surface area (Å²) < 4.78 is 53.4. The smallest absolute Gasteiger partial charge is 0.325 e. The Morgan fingerprint density at radius 1 is 1.23 bits per heavy atom. The standard InChI is InChI=1S/C19H17F4N7/c1-2-16-27-12-7-10(20)3-5-13(12)30(16)17-8-15(24)28-18(29-17)26-11-4-6-14(25-9-11)19(21,22)23/h3-9,15H,2,24H2,1H3,(H2,26,28,29). The van der Waals surface area contributed by atoms with Crippen LogP contribution >= 0.6 is 0 Å². The van der Waals surface area contributed by atoms with Gasteiger partial charge in [-0.2, -0.15) is 13.2 Å². The number of guanidine groups is 1. The Labute approximate surface area is 168 Å². The maximum absolute atomic E-state index is 13.6. The first-order valence-corrected chi connectivity index (χ1v) is 9.04. The Morgan fingerprint density at radius 3 is 2.70 bits per heavy atom. The molecule has 0 bridgehead atoms. The van der Waals surface area contributed by atoms with Gasteiger partial charge in [-0.3, -0.25) is 4.57 Å². The van der Waals surface area contributed by atoms with Crippen molar-refractivity contribution in [2.45, 2.75) is 25.7 Å². The third-order valence-electron chi connectivity index (χ3n) is 4.41. The van der Waals surface area contributed by atoms with Gasteiger partial charge in [0.2, 0.25) is 5.96 Å². The monoisotopic (exact) mass is 419 g/mol. The first-order chi connectivity index (χ1) is 14.2. The molecule has 11 heteroatoms. The molecule has 0 saturated carbocycles. The van der Waals surface area contributed by atoms with Crippen LogP contribution in [0.25, 0.3) is 16.9 Å². The van der Waals surface area contributed by atoms with Gasteiger partial charge in [0.15, 0.2) is 0 Å². The van der Waals surface area contributed by atoms with Gasteiger partial charge in [0.25, 0.3) is 0 Å². The quantitative estimate of drug-likeness (QED) is 0.567. The zero-order valence-corrected chi connectivity index (χ0v) is 15.7. The van der Waals surface area contributed by atoms with Crippen molar-refractivity contribution < 1.29 is 17.6 Å². The van der Waals surface area contributed by atoms with E-state index in [4.69, 9.17) is 5.73 Å². The summed E-state index contributed by atoms with van der Waals surface area (Å²) in [5.41, 5.74) is 6.49. The van der Waals surface area contributed by atoms with E-state index < -0.39 is 23.9 Å². The molecule has 0 radical (unpaired) electrons. The van der Waals surface area contributed by atoms with Crippen LogP contribution in [0.1, 0.15) is 18.4 Å². The average molecular weight is 419 g/mol. The first kappa shape index (κ1) is 19.8. The van der Waals surface area contributed by atoms with Crippen molar-refractivity contribution in [1.29, 1.82) is 0 Å². The van der Waals surface area contributed by atoms with E-state index in [2.05, 4.69) is 25.6 Å². The molecule has 3 aromatic rings. The van der Waals surface area contributed by atoms with Gasteiger partial charge in [0.1, 0.15) is 29.3 Å². The summed E-state index contributed by atoms with van der Waals surface area (Å²) in [6.07, 6.45) is -1.93. The molecule has 0 fully saturated rings. The predicted molar refractivity (Wildman–Crippen MR) is 105 cm³/mol. The van der Waals surface area contributed by atoms with Gasteiger partial charge in [0, 0.05) is 12.5 Å². The molecule has 7 nitrogen and oxygen atoms in total. The lowest BCUT2D eigenvalue weighted by molar-refractivity contribution is -0.141. The fourth-order valence-electron chi connectivity index (χ4n) is 3.12. The molecule has 1 aliphatic rings. The largest absolute Gasteiger partial charge is 0.433 e. The number of halogens is 4. The van der Waals surface area contributed by atoms with E-state index in [0.29, 0.717) is 34.8 Å². The molecule has 0 spiro atoms. The molecule has 156 valence electrons. The number of aromatic nitrogens is 3. The van der Waals surface area contributed by atoms with Crippen molar-refractivity contribution in [1.82, 2.24) is 19.9 Å². The van der Waals surface area contributed by atoms with Gasteiger partial charge in [-0.25, -0.2) is 19.4 Å². The molecular weight excluding hydrogens is 402 g/mol. The van der Waals surface area contributed by atoms with Gasteiger partial charge in [0.05, 0.1) is 22.9 Å². The summed E-state index contributed by atoms with van der Waals surface area (Å²) in [6, 6.07) is 6.41. The molecule has 1 aliphatic heterocycles. The number of anilines is 1. The summed E-state index contributed by atoms with van der Waals surface area (Å²) in [5, 5.41) is 5.93. The number of nitrogens with two attached hydrogens (primary N) is 1. The number of rotatable bonds is 3. The Balaban J connectivity index is 1.62. The number of alkyl halides is 3. The lowest BCUT2D eigenvalue weighted by Gasteiger charge is -2.23. The minimum absolute atomic E-state index is 0.229. The number of aliphatic imine (C=N–C) groups is 1. The van der Waals surface area contributed by atoms with Crippen molar-refractivity contribution in [3.63, 3.8) is 0 Å². The van der Waals surface area contributed by atoms with Gasteiger partial charge in [-0.1, -0.05) is 6.92 Å². The minimum Gasteiger partial charge on any atom is -0.325 e. The van der Waals surface area contributed by atoms with Crippen molar-refractivity contribution in [3.05, 3.63) is 59.9 Å². The number of hydrogen-bond acceptors (Lipinski definition) is 6. The molecule has 30 heavy (non-hydrogen) atoms. The highest BCUT2D eigenvalue weighted by Gasteiger charge is 2.32. The Morgan fingerprint density at radius 2 is 2.03 bits per heavy atom. The maximum Gasteiger partial charge on any atom is 0.433 e. The Bertz CT molecular complexity index is 1150. The van der Waals surface area contributed by atoms with Gasteiger partial charge in [-0.15, -0.1) is 0 Å². The highest BCUT2D eigenvalue weighted by molar-refractivity contribution is 5.99. The second kappa shape index (κ2) is 7.41. The van der Waals surface area contributed by atoms with Crippen LogP contribution in [-0.2, 0) is 12.6 Å². The van der Waals surface area contributed by atoms with Gasteiger partial charge >= 0.3 is 6.18 Å². The maximum atomic E-state index is 13.6. The molecule has 3 heterocycles. The summed E-state index contributed by atoms with van der Waals surface area (Å²) in [7, 11) is 0. The molecular formula is C19H17F4N7. The van der Waals surface area contributed by atoms with Crippen LogP contribution in [0.3, 0.4) is 0 Å². The molecule has 1 atom stereocenters. The summed E-state index contributed by atoms with van der Waals surface area (Å²) in [4.78, 5) is 12.1. The predicted octanol–water partition coefficient (Wildman–Crippen LogP) is 3.31. The van der Waals surface area contributed by atoms with E-state index in [9.17, 15) is 17.6 Å². The molecule has 2 aromatic heterocycles.